The summed E-state index contributed by atoms with van der Waals surface area (Å²) >= 11 is 0. The van der Waals surface area contributed by atoms with Crippen LogP contribution in [0.15, 0.2) is 53.1 Å². The number of nitrogens with zero attached hydrogens (tertiary/aromatic N) is 2. The first-order valence-corrected chi connectivity index (χ1v) is 9.33. The van der Waals surface area contributed by atoms with Crippen molar-refractivity contribution in [3.8, 4) is 17.3 Å². The predicted molar refractivity (Wildman–Crippen MR) is 108 cm³/mol. The minimum Gasteiger partial charge on any atom is -0.456 e. The van der Waals surface area contributed by atoms with Gasteiger partial charge in [0.2, 0.25) is 5.69 Å². The zero-order valence-electron chi connectivity index (χ0n) is 16.2. The Morgan fingerprint density at radius 2 is 1.93 bits per heavy atom. The maximum atomic E-state index is 10.1. The Morgan fingerprint density at radius 1 is 1.11 bits per heavy atom. The molecule has 4 aromatic rings. The average Bonchev–Trinajstić information content (AvgIpc) is 2.98. The minimum absolute atomic E-state index is 0.581. The predicted octanol–water partition coefficient (Wildman–Crippen LogP) is 5.46. The summed E-state index contributed by atoms with van der Waals surface area (Å²) in [7, 11) is 2.01. The molecule has 0 aliphatic rings. The number of benzene rings is 2. The van der Waals surface area contributed by atoms with Gasteiger partial charge in [0.1, 0.15) is 24.3 Å². The van der Waals surface area contributed by atoms with E-state index in [4.69, 9.17) is 4.42 Å². The summed E-state index contributed by atoms with van der Waals surface area (Å²) < 4.78 is 8.16. The molecule has 0 atom stereocenters. The maximum absolute atomic E-state index is 10.1. The van der Waals surface area contributed by atoms with Gasteiger partial charge in [-0.2, -0.15) is 5.26 Å². The van der Waals surface area contributed by atoms with Crippen molar-refractivity contribution in [1.82, 2.24) is 0 Å². The molecule has 0 N–H and O–H groups in total. The van der Waals surface area contributed by atoms with E-state index in [1.807, 2.05) is 38.4 Å². The molecule has 0 fully saturated rings. The van der Waals surface area contributed by atoms with Crippen molar-refractivity contribution < 1.29 is 8.98 Å². The summed E-state index contributed by atoms with van der Waals surface area (Å²) in [4.78, 5) is 0. The van der Waals surface area contributed by atoms with Gasteiger partial charge in [0.05, 0.1) is 11.1 Å². The first-order chi connectivity index (χ1) is 13.0. The quantitative estimate of drug-likeness (QED) is 0.458. The fraction of sp³-hybridized carbons (Fsp3) is 0.250. The molecule has 0 spiro atoms. The molecule has 0 bridgehead atoms. The number of aromatic nitrogens is 1. The van der Waals surface area contributed by atoms with E-state index in [1.54, 1.807) is 0 Å². The minimum atomic E-state index is 0.581. The largest absolute Gasteiger partial charge is 0.456 e. The molecular weight excluding hydrogens is 332 g/mol. The van der Waals surface area contributed by atoms with Crippen LogP contribution in [0, 0.1) is 24.2 Å². The van der Waals surface area contributed by atoms with Gasteiger partial charge < -0.3 is 4.42 Å². The molecular formula is C24H23N2O+. The fourth-order valence-electron chi connectivity index (χ4n) is 3.94. The van der Waals surface area contributed by atoms with Crippen LogP contribution >= 0.6 is 0 Å². The molecule has 27 heavy (non-hydrogen) atoms. The van der Waals surface area contributed by atoms with Gasteiger partial charge in [-0.1, -0.05) is 19.9 Å². The molecule has 0 aliphatic heterocycles. The van der Waals surface area contributed by atoms with E-state index >= 15 is 0 Å². The number of fused-ring (bicyclic) bond motifs is 3. The van der Waals surface area contributed by atoms with Crippen LogP contribution in [0.5, 0.6) is 0 Å². The number of aryl methyl sites for hydroxylation is 2. The van der Waals surface area contributed by atoms with E-state index in [9.17, 15) is 5.26 Å². The van der Waals surface area contributed by atoms with Gasteiger partial charge >= 0.3 is 0 Å². The third-order valence-electron chi connectivity index (χ3n) is 5.09. The van der Waals surface area contributed by atoms with Gasteiger partial charge in [0, 0.05) is 22.9 Å². The van der Waals surface area contributed by atoms with Crippen molar-refractivity contribution in [2.24, 2.45) is 13.0 Å². The van der Waals surface area contributed by atoms with Crippen LogP contribution < -0.4 is 4.57 Å². The summed E-state index contributed by atoms with van der Waals surface area (Å²) in [6, 6.07) is 16.9. The van der Waals surface area contributed by atoms with E-state index in [1.165, 1.54) is 5.56 Å². The molecule has 3 nitrogen and oxygen atoms in total. The van der Waals surface area contributed by atoms with Crippen molar-refractivity contribution in [1.29, 1.82) is 5.26 Å². The van der Waals surface area contributed by atoms with Crippen molar-refractivity contribution in [2.45, 2.75) is 27.2 Å². The molecule has 2 heterocycles. The monoisotopic (exact) mass is 355 g/mol. The topological polar surface area (TPSA) is 40.8 Å². The third-order valence-corrected chi connectivity index (χ3v) is 5.09. The second-order valence-corrected chi connectivity index (χ2v) is 7.66. The molecule has 0 radical (unpaired) electrons. The van der Waals surface area contributed by atoms with Gasteiger partial charge in [-0.15, -0.1) is 0 Å². The molecule has 0 aliphatic carbocycles. The molecule has 0 saturated heterocycles. The van der Waals surface area contributed by atoms with Crippen LogP contribution in [0.3, 0.4) is 0 Å². The second-order valence-electron chi connectivity index (χ2n) is 7.66. The lowest BCUT2D eigenvalue weighted by molar-refractivity contribution is -0.660. The van der Waals surface area contributed by atoms with E-state index < -0.39 is 0 Å². The van der Waals surface area contributed by atoms with Crippen LogP contribution in [-0.2, 0) is 13.5 Å². The van der Waals surface area contributed by atoms with Crippen LogP contribution in [0.2, 0.25) is 0 Å². The molecule has 0 unspecified atom stereocenters. The highest BCUT2D eigenvalue weighted by molar-refractivity contribution is 6.10. The molecule has 134 valence electrons. The number of hydrogen-bond donors (Lipinski definition) is 0. The lowest BCUT2D eigenvalue weighted by Gasteiger charge is -2.08. The molecule has 4 rings (SSSR count). The van der Waals surface area contributed by atoms with Crippen LogP contribution in [0.25, 0.3) is 33.2 Å². The zero-order chi connectivity index (χ0) is 19.1. The van der Waals surface area contributed by atoms with Gasteiger partial charge in [-0.05, 0) is 54.7 Å². The highest BCUT2D eigenvalue weighted by Gasteiger charge is 2.22. The smallest absolute Gasteiger partial charge is 0.213 e. The second kappa shape index (κ2) is 6.55. The molecule has 0 saturated carbocycles. The number of pyridine rings is 1. The molecule has 2 aromatic carbocycles. The Balaban J connectivity index is 2.09. The van der Waals surface area contributed by atoms with Gasteiger partial charge in [-0.25, -0.2) is 4.57 Å². The number of hydrogen-bond acceptors (Lipinski definition) is 2. The molecule has 0 amide bonds. The summed E-state index contributed by atoms with van der Waals surface area (Å²) in [5.41, 5.74) is 6.63. The standard InChI is InChI=1S/C24H23N2O/c1-15(2)11-17-8-9-21-18(13-17)24-19(14-25)23(16(3)12-22(24)27-21)20-7-5-6-10-26(20)4/h5-10,12-13,15H,11H2,1-4H3/q+1. The first kappa shape index (κ1) is 17.3. The summed E-state index contributed by atoms with van der Waals surface area (Å²) in [5, 5.41) is 12.0. The van der Waals surface area contributed by atoms with Gasteiger partial charge in [0.15, 0.2) is 6.20 Å². The summed E-state index contributed by atoms with van der Waals surface area (Å²) in [5.74, 6) is 0.581. The summed E-state index contributed by atoms with van der Waals surface area (Å²) in [6.45, 7) is 6.48. The first-order valence-electron chi connectivity index (χ1n) is 9.33. The van der Waals surface area contributed by atoms with Crippen molar-refractivity contribution >= 4 is 21.9 Å². The van der Waals surface area contributed by atoms with Gasteiger partial charge in [-0.3, -0.25) is 0 Å². The number of nitriles is 1. The van der Waals surface area contributed by atoms with Crippen molar-refractivity contribution in [2.75, 3.05) is 0 Å². The van der Waals surface area contributed by atoms with Crippen LogP contribution in [0.4, 0.5) is 0 Å². The van der Waals surface area contributed by atoms with Gasteiger partial charge in [0.25, 0.3) is 0 Å². The summed E-state index contributed by atoms with van der Waals surface area (Å²) in [6.07, 6.45) is 3.02. The van der Waals surface area contributed by atoms with E-state index in [0.29, 0.717) is 11.5 Å². The molecule has 2 aromatic heterocycles. The van der Waals surface area contributed by atoms with Crippen LogP contribution in [-0.4, -0.2) is 0 Å². The maximum Gasteiger partial charge on any atom is 0.213 e. The lowest BCUT2D eigenvalue weighted by Crippen LogP contribution is -2.30. The van der Waals surface area contributed by atoms with Crippen LogP contribution in [0.1, 0.15) is 30.5 Å². The Bertz CT molecular complexity index is 1210. The number of furan rings is 1. The highest BCUT2D eigenvalue weighted by Crippen LogP contribution is 2.38. The van der Waals surface area contributed by atoms with Crippen molar-refractivity contribution in [3.63, 3.8) is 0 Å². The Hall–Kier alpha value is -3.12. The lowest BCUT2D eigenvalue weighted by atomic mass is 9.93. The Kier molecular flexibility index (Phi) is 4.20. The number of rotatable bonds is 3. The fourth-order valence-corrected chi connectivity index (χ4v) is 3.94. The average molecular weight is 355 g/mol. The Labute approximate surface area is 159 Å². The van der Waals surface area contributed by atoms with E-state index in [2.05, 4.69) is 48.7 Å². The normalized spacial score (nSPS) is 11.4. The zero-order valence-corrected chi connectivity index (χ0v) is 16.2. The molecule has 3 heteroatoms. The van der Waals surface area contributed by atoms with E-state index in [-0.39, 0.29) is 0 Å². The highest BCUT2D eigenvalue weighted by atomic mass is 16.3. The van der Waals surface area contributed by atoms with Crippen molar-refractivity contribution in [3.05, 3.63) is 65.4 Å². The SMILES string of the molecule is Cc1cc2oc3ccc(CC(C)C)cc3c2c(C#N)c1-c1cccc[n+]1C. The van der Waals surface area contributed by atoms with E-state index in [0.717, 1.165) is 45.2 Å². The Morgan fingerprint density at radius 3 is 2.63 bits per heavy atom. The third kappa shape index (κ3) is 2.88.